The van der Waals surface area contributed by atoms with Gasteiger partial charge in [0.05, 0.1) is 11.8 Å². The first-order valence-corrected chi connectivity index (χ1v) is 8.40. The van der Waals surface area contributed by atoms with E-state index in [1.165, 1.54) is 0 Å². The third-order valence-corrected chi connectivity index (χ3v) is 4.90. The maximum absolute atomic E-state index is 12.4. The Morgan fingerprint density at radius 1 is 1.08 bits per heavy atom. The van der Waals surface area contributed by atoms with E-state index in [1.54, 1.807) is 12.1 Å². The van der Waals surface area contributed by atoms with Crippen LogP contribution in [0.15, 0.2) is 24.3 Å². The predicted octanol–water partition coefficient (Wildman–Crippen LogP) is 1.87. The Labute approximate surface area is 141 Å². The minimum atomic E-state index is -0.340. The zero-order valence-corrected chi connectivity index (χ0v) is 14.1. The topological polar surface area (TPSA) is 69.7 Å². The van der Waals surface area contributed by atoms with E-state index in [0.717, 1.165) is 36.3 Å². The Hall–Kier alpha value is -2.37. The van der Waals surface area contributed by atoms with E-state index < -0.39 is 0 Å². The molecule has 1 aromatic carbocycles. The summed E-state index contributed by atoms with van der Waals surface area (Å²) in [5.74, 6) is -1.12. The van der Waals surface area contributed by atoms with Gasteiger partial charge in [-0.05, 0) is 37.1 Å². The van der Waals surface area contributed by atoms with E-state index in [9.17, 15) is 14.4 Å². The number of carbonyl (C=O) groups is 3. The summed E-state index contributed by atoms with van der Waals surface area (Å²) in [5, 5.41) is 2.75. The summed E-state index contributed by atoms with van der Waals surface area (Å²) in [6, 6.07) is 7.41. The quantitative estimate of drug-likeness (QED) is 0.856. The number of imide groups is 1. The SMILES string of the molecule is CN(C)c1ccc(NC(=O)CN2C(=O)[C@H]3CCCC[C@@H]3C2=O)cc1. The highest BCUT2D eigenvalue weighted by atomic mass is 16.2. The van der Waals surface area contributed by atoms with E-state index >= 15 is 0 Å². The molecule has 0 unspecified atom stereocenters. The van der Waals surface area contributed by atoms with Crippen molar-refractivity contribution in [3.05, 3.63) is 24.3 Å². The molecule has 2 fully saturated rings. The molecule has 1 saturated heterocycles. The molecular formula is C18H23N3O3. The first kappa shape index (κ1) is 16.5. The standard InChI is InChI=1S/C18H23N3O3/c1-20(2)13-9-7-12(8-10-13)19-16(22)11-21-17(23)14-5-3-4-6-15(14)18(21)24/h7-10,14-15H,3-6,11H2,1-2H3,(H,19,22)/t14-,15-/m0/s1. The number of rotatable bonds is 4. The number of hydrogen-bond donors (Lipinski definition) is 1. The zero-order chi connectivity index (χ0) is 17.3. The van der Waals surface area contributed by atoms with Crippen LogP contribution in [0, 0.1) is 11.8 Å². The number of nitrogens with one attached hydrogen (secondary N) is 1. The number of amides is 3. The summed E-state index contributed by atoms with van der Waals surface area (Å²) in [6.45, 7) is -0.194. The van der Waals surface area contributed by atoms with Crippen molar-refractivity contribution in [3.63, 3.8) is 0 Å². The molecule has 0 radical (unpaired) electrons. The number of hydrogen-bond acceptors (Lipinski definition) is 4. The molecule has 3 amide bonds. The van der Waals surface area contributed by atoms with Crippen LogP contribution in [0.4, 0.5) is 11.4 Å². The van der Waals surface area contributed by atoms with Gasteiger partial charge < -0.3 is 10.2 Å². The van der Waals surface area contributed by atoms with Crippen LogP contribution < -0.4 is 10.2 Å². The molecule has 1 saturated carbocycles. The molecule has 1 N–H and O–H groups in total. The molecule has 0 bridgehead atoms. The molecule has 2 aliphatic rings. The average molecular weight is 329 g/mol. The highest BCUT2D eigenvalue weighted by molar-refractivity contribution is 6.08. The number of carbonyl (C=O) groups excluding carboxylic acids is 3. The van der Waals surface area contributed by atoms with Gasteiger partial charge in [0, 0.05) is 25.5 Å². The van der Waals surface area contributed by atoms with Crippen molar-refractivity contribution in [1.29, 1.82) is 0 Å². The van der Waals surface area contributed by atoms with Crippen molar-refractivity contribution >= 4 is 29.1 Å². The van der Waals surface area contributed by atoms with Crippen LogP contribution in [0.1, 0.15) is 25.7 Å². The fourth-order valence-corrected chi connectivity index (χ4v) is 3.57. The maximum atomic E-state index is 12.4. The van der Waals surface area contributed by atoms with Gasteiger partial charge in [0.2, 0.25) is 17.7 Å². The second-order valence-corrected chi connectivity index (χ2v) is 6.75. The molecule has 0 spiro atoms. The highest BCUT2D eigenvalue weighted by Gasteiger charge is 2.48. The lowest BCUT2D eigenvalue weighted by atomic mass is 9.81. The minimum absolute atomic E-state index is 0.178. The van der Waals surface area contributed by atoms with Gasteiger partial charge in [0.25, 0.3) is 0 Å². The minimum Gasteiger partial charge on any atom is -0.378 e. The van der Waals surface area contributed by atoms with Gasteiger partial charge >= 0.3 is 0 Å². The van der Waals surface area contributed by atoms with E-state index in [0.29, 0.717) is 5.69 Å². The van der Waals surface area contributed by atoms with Crippen molar-refractivity contribution in [3.8, 4) is 0 Å². The largest absolute Gasteiger partial charge is 0.378 e. The predicted molar refractivity (Wildman–Crippen MR) is 91.6 cm³/mol. The molecule has 24 heavy (non-hydrogen) atoms. The Morgan fingerprint density at radius 2 is 1.62 bits per heavy atom. The van der Waals surface area contributed by atoms with Gasteiger partial charge in [0.1, 0.15) is 6.54 Å². The average Bonchev–Trinajstić information content (AvgIpc) is 2.81. The summed E-state index contributed by atoms with van der Waals surface area (Å²) in [5.41, 5.74) is 1.68. The molecule has 0 aromatic heterocycles. The Morgan fingerprint density at radius 3 is 2.12 bits per heavy atom. The number of nitrogens with zero attached hydrogens (tertiary/aromatic N) is 2. The van der Waals surface area contributed by atoms with E-state index in [-0.39, 0.29) is 36.1 Å². The fourth-order valence-electron chi connectivity index (χ4n) is 3.57. The van der Waals surface area contributed by atoms with Crippen LogP contribution in [0.5, 0.6) is 0 Å². The Balaban J connectivity index is 1.62. The van der Waals surface area contributed by atoms with Crippen molar-refractivity contribution in [1.82, 2.24) is 4.90 Å². The lowest BCUT2D eigenvalue weighted by Gasteiger charge is -2.19. The second kappa shape index (κ2) is 6.63. The van der Waals surface area contributed by atoms with Crippen molar-refractivity contribution in [2.45, 2.75) is 25.7 Å². The van der Waals surface area contributed by atoms with Gasteiger partial charge in [-0.2, -0.15) is 0 Å². The monoisotopic (exact) mass is 329 g/mol. The lowest BCUT2D eigenvalue weighted by Crippen LogP contribution is -2.38. The third kappa shape index (κ3) is 3.13. The fraction of sp³-hybridized carbons (Fsp3) is 0.500. The molecule has 6 heteroatoms. The first-order chi connectivity index (χ1) is 11.5. The Bertz CT molecular complexity index is 630. The first-order valence-electron chi connectivity index (χ1n) is 8.40. The Kier molecular flexibility index (Phi) is 4.55. The van der Waals surface area contributed by atoms with Gasteiger partial charge in [0.15, 0.2) is 0 Å². The van der Waals surface area contributed by atoms with E-state index in [2.05, 4.69) is 5.32 Å². The molecule has 1 heterocycles. The normalized spacial score (nSPS) is 23.2. The van der Waals surface area contributed by atoms with Crippen LogP contribution in [0.25, 0.3) is 0 Å². The maximum Gasteiger partial charge on any atom is 0.244 e. The van der Waals surface area contributed by atoms with Crippen LogP contribution in [-0.2, 0) is 14.4 Å². The molecule has 1 aromatic rings. The van der Waals surface area contributed by atoms with Crippen molar-refractivity contribution < 1.29 is 14.4 Å². The van der Waals surface area contributed by atoms with Crippen LogP contribution in [0.2, 0.25) is 0 Å². The zero-order valence-electron chi connectivity index (χ0n) is 14.1. The lowest BCUT2D eigenvalue weighted by molar-refractivity contribution is -0.142. The molecule has 1 aliphatic carbocycles. The highest BCUT2D eigenvalue weighted by Crippen LogP contribution is 2.37. The second-order valence-electron chi connectivity index (χ2n) is 6.75. The summed E-state index contributed by atoms with van der Waals surface area (Å²) >= 11 is 0. The van der Waals surface area contributed by atoms with Crippen molar-refractivity contribution in [2.75, 3.05) is 30.9 Å². The van der Waals surface area contributed by atoms with Gasteiger partial charge in [-0.1, -0.05) is 12.8 Å². The van der Waals surface area contributed by atoms with E-state index in [1.807, 2.05) is 31.1 Å². The van der Waals surface area contributed by atoms with Gasteiger partial charge in [-0.25, -0.2) is 0 Å². The third-order valence-electron chi connectivity index (χ3n) is 4.90. The molecule has 3 rings (SSSR count). The smallest absolute Gasteiger partial charge is 0.244 e. The van der Waals surface area contributed by atoms with Crippen LogP contribution >= 0.6 is 0 Å². The van der Waals surface area contributed by atoms with Gasteiger partial charge in [-0.15, -0.1) is 0 Å². The van der Waals surface area contributed by atoms with Gasteiger partial charge in [-0.3, -0.25) is 19.3 Å². The number of benzene rings is 1. The summed E-state index contributed by atoms with van der Waals surface area (Å²) in [7, 11) is 3.88. The molecule has 2 atom stereocenters. The summed E-state index contributed by atoms with van der Waals surface area (Å²) < 4.78 is 0. The molecule has 1 aliphatic heterocycles. The summed E-state index contributed by atoms with van der Waals surface area (Å²) in [4.78, 5) is 40.1. The van der Waals surface area contributed by atoms with Crippen LogP contribution in [0.3, 0.4) is 0 Å². The number of anilines is 2. The summed E-state index contributed by atoms with van der Waals surface area (Å²) in [6.07, 6.45) is 3.50. The molecular weight excluding hydrogens is 306 g/mol. The van der Waals surface area contributed by atoms with Crippen molar-refractivity contribution in [2.24, 2.45) is 11.8 Å². The molecule has 6 nitrogen and oxygen atoms in total. The number of likely N-dealkylation sites (tertiary alicyclic amines) is 1. The number of fused-ring (bicyclic) bond motifs is 1. The van der Waals surface area contributed by atoms with Crippen LogP contribution in [-0.4, -0.2) is 43.3 Å². The van der Waals surface area contributed by atoms with E-state index in [4.69, 9.17) is 0 Å². The molecule has 128 valence electrons.